The van der Waals surface area contributed by atoms with Crippen molar-refractivity contribution in [3.05, 3.63) is 59.2 Å². The molecule has 3 aromatic rings. The zero-order chi connectivity index (χ0) is 25.9. The molecule has 1 unspecified atom stereocenters. The van der Waals surface area contributed by atoms with E-state index in [0.29, 0.717) is 17.6 Å². The highest BCUT2D eigenvalue weighted by molar-refractivity contribution is 7.52. The third kappa shape index (κ3) is 5.51. The summed E-state index contributed by atoms with van der Waals surface area (Å²) in [6.07, 6.45) is 7.48. The van der Waals surface area contributed by atoms with E-state index in [4.69, 9.17) is 14.8 Å². The minimum atomic E-state index is -4.09. The smallest absolute Gasteiger partial charge is 0.459 e. The summed E-state index contributed by atoms with van der Waals surface area (Å²) in [5, 5.41) is 13.5. The molecule has 0 radical (unpaired) electrons. The van der Waals surface area contributed by atoms with Crippen molar-refractivity contribution in [2.75, 3.05) is 19.5 Å². The number of non-ortho nitro benzene ring substituents is 1. The van der Waals surface area contributed by atoms with Crippen molar-refractivity contribution in [3.8, 4) is 5.75 Å². The Morgan fingerprint density at radius 1 is 1.31 bits per heavy atom. The standard InChI is InChI=1S/C21H24N7O7P/c1-13(21(29)33-2)26-36(32,35-17-7-5-15(6-8-17)28(30)31)34-10-14-3-4-16(9-14)27-12-25-18-19(22)23-11-24-20(18)27/h3-8,11-14,16H,9-10H2,1-2H3,(H,26,32)(H2,22,23,24)/t13-,14-,16+,36?/m0/s1. The zero-order valence-electron chi connectivity index (χ0n) is 19.4. The molecule has 0 aliphatic heterocycles. The van der Waals surface area contributed by atoms with Crippen molar-refractivity contribution < 1.29 is 28.1 Å². The number of imidazole rings is 1. The Morgan fingerprint density at radius 2 is 2.06 bits per heavy atom. The first-order chi connectivity index (χ1) is 17.2. The van der Waals surface area contributed by atoms with Gasteiger partial charge in [-0.1, -0.05) is 12.2 Å². The summed E-state index contributed by atoms with van der Waals surface area (Å²) in [6.45, 7) is 1.45. The van der Waals surface area contributed by atoms with Crippen LogP contribution in [0.25, 0.3) is 11.2 Å². The summed E-state index contributed by atoms with van der Waals surface area (Å²) in [4.78, 5) is 34.7. The number of nitrogens with two attached hydrogens (primary N) is 1. The van der Waals surface area contributed by atoms with Crippen molar-refractivity contribution in [3.63, 3.8) is 0 Å². The molecule has 14 nitrogen and oxygen atoms in total. The highest BCUT2D eigenvalue weighted by Crippen LogP contribution is 2.46. The molecule has 2 aromatic heterocycles. The van der Waals surface area contributed by atoms with Crippen molar-refractivity contribution in [2.24, 2.45) is 5.92 Å². The lowest BCUT2D eigenvalue weighted by Crippen LogP contribution is -2.34. The van der Waals surface area contributed by atoms with E-state index >= 15 is 0 Å². The van der Waals surface area contributed by atoms with Crippen LogP contribution in [0.15, 0.2) is 49.1 Å². The van der Waals surface area contributed by atoms with Crippen LogP contribution >= 0.6 is 7.75 Å². The Bertz CT molecular complexity index is 1340. The zero-order valence-corrected chi connectivity index (χ0v) is 20.3. The number of anilines is 1. The number of esters is 1. The van der Waals surface area contributed by atoms with Gasteiger partial charge < -0.3 is 19.6 Å². The fraction of sp³-hybridized carbons (Fsp3) is 0.333. The fourth-order valence-electron chi connectivity index (χ4n) is 3.71. The van der Waals surface area contributed by atoms with E-state index in [1.54, 1.807) is 6.33 Å². The van der Waals surface area contributed by atoms with E-state index in [9.17, 15) is 19.5 Å². The van der Waals surface area contributed by atoms with Crippen LogP contribution in [0, 0.1) is 16.0 Å². The number of ether oxygens (including phenoxy) is 1. The number of nitrogens with one attached hydrogen (secondary N) is 1. The molecular formula is C21H24N7O7P. The molecule has 190 valence electrons. The molecule has 1 aliphatic rings. The Balaban J connectivity index is 1.45. The topological polar surface area (TPSA) is 187 Å². The number of nitro groups is 1. The number of nitro benzene ring substituents is 1. The first-order valence-corrected chi connectivity index (χ1v) is 12.4. The third-order valence-corrected chi connectivity index (χ3v) is 7.18. The van der Waals surface area contributed by atoms with Crippen LogP contribution in [0.4, 0.5) is 11.5 Å². The van der Waals surface area contributed by atoms with Crippen molar-refractivity contribution in [1.29, 1.82) is 0 Å². The molecule has 0 amide bonds. The van der Waals surface area contributed by atoms with Gasteiger partial charge in [0, 0.05) is 18.1 Å². The molecule has 1 aromatic carbocycles. The quantitative estimate of drug-likeness (QED) is 0.132. The Morgan fingerprint density at radius 3 is 2.75 bits per heavy atom. The Kier molecular flexibility index (Phi) is 7.29. The Hall–Kier alpha value is -3.87. The second kappa shape index (κ2) is 10.4. The lowest BCUT2D eigenvalue weighted by molar-refractivity contribution is -0.384. The molecule has 1 aliphatic carbocycles. The van der Waals surface area contributed by atoms with E-state index in [2.05, 4.69) is 24.8 Å². The summed E-state index contributed by atoms with van der Waals surface area (Å²) in [5.41, 5.74) is 6.81. The summed E-state index contributed by atoms with van der Waals surface area (Å²) in [5.74, 6) is -0.456. The predicted octanol–water partition coefficient (Wildman–Crippen LogP) is 2.79. The molecule has 2 heterocycles. The van der Waals surface area contributed by atoms with E-state index in [1.807, 2.05) is 16.7 Å². The van der Waals surface area contributed by atoms with Gasteiger partial charge in [0.25, 0.3) is 5.69 Å². The number of nitrogen functional groups attached to an aromatic ring is 1. The second-order valence-electron chi connectivity index (χ2n) is 8.04. The highest BCUT2D eigenvalue weighted by atomic mass is 31.2. The van der Waals surface area contributed by atoms with Gasteiger partial charge in [0.15, 0.2) is 11.5 Å². The average Bonchev–Trinajstić information content (AvgIpc) is 3.50. The maximum Gasteiger partial charge on any atom is 0.459 e. The number of carbonyl (C=O) groups is 1. The van der Waals surface area contributed by atoms with Crippen molar-refractivity contribution >= 4 is 36.4 Å². The molecule has 0 spiro atoms. The number of hydrogen-bond acceptors (Lipinski definition) is 11. The first kappa shape index (κ1) is 25.2. The number of benzene rings is 1. The number of nitrogens with zero attached hydrogens (tertiary/aromatic N) is 5. The normalized spacial score (nSPS) is 19.6. The van der Waals surface area contributed by atoms with Gasteiger partial charge in [0.2, 0.25) is 0 Å². The monoisotopic (exact) mass is 517 g/mol. The van der Waals surface area contributed by atoms with Crippen molar-refractivity contribution in [1.82, 2.24) is 24.6 Å². The van der Waals surface area contributed by atoms with E-state index < -0.39 is 24.7 Å². The molecule has 36 heavy (non-hydrogen) atoms. The maximum absolute atomic E-state index is 13.5. The maximum atomic E-state index is 13.5. The van der Waals surface area contributed by atoms with Crippen LogP contribution in [-0.2, 0) is 18.6 Å². The number of hydrogen-bond donors (Lipinski definition) is 2. The summed E-state index contributed by atoms with van der Waals surface area (Å²) in [6, 6.07) is 3.91. The molecule has 3 N–H and O–H groups in total. The lowest BCUT2D eigenvalue weighted by Gasteiger charge is -2.23. The van der Waals surface area contributed by atoms with E-state index in [-0.39, 0.29) is 35.8 Å². The fourth-order valence-corrected chi connectivity index (χ4v) is 5.26. The minimum Gasteiger partial charge on any atom is -0.468 e. The second-order valence-corrected chi connectivity index (χ2v) is 9.73. The first-order valence-electron chi connectivity index (χ1n) is 10.8. The van der Waals surface area contributed by atoms with Crippen LogP contribution in [0.1, 0.15) is 19.4 Å². The van der Waals surface area contributed by atoms with Crippen LogP contribution in [-0.4, -0.2) is 50.2 Å². The van der Waals surface area contributed by atoms with Gasteiger partial charge in [-0.25, -0.2) is 19.5 Å². The van der Waals surface area contributed by atoms with E-state index in [0.717, 1.165) is 0 Å². The van der Waals surface area contributed by atoms with Gasteiger partial charge in [-0.15, -0.1) is 0 Å². The third-order valence-electron chi connectivity index (χ3n) is 5.53. The van der Waals surface area contributed by atoms with Crippen LogP contribution in [0.3, 0.4) is 0 Å². The largest absolute Gasteiger partial charge is 0.468 e. The van der Waals surface area contributed by atoms with Crippen LogP contribution < -0.4 is 15.3 Å². The summed E-state index contributed by atoms with van der Waals surface area (Å²) in [7, 11) is -2.89. The number of allylic oxidation sites excluding steroid dienone is 1. The number of methoxy groups -OCH3 is 1. The number of aromatic nitrogens is 4. The lowest BCUT2D eigenvalue weighted by atomic mass is 10.1. The van der Waals surface area contributed by atoms with Crippen LogP contribution in [0.5, 0.6) is 5.75 Å². The molecule has 4 atom stereocenters. The number of rotatable bonds is 10. The van der Waals surface area contributed by atoms with Crippen molar-refractivity contribution in [2.45, 2.75) is 25.4 Å². The molecule has 0 saturated heterocycles. The van der Waals surface area contributed by atoms with Gasteiger partial charge in [-0.3, -0.25) is 19.4 Å². The van der Waals surface area contributed by atoms with Gasteiger partial charge in [0.1, 0.15) is 23.6 Å². The molecular weight excluding hydrogens is 493 g/mol. The van der Waals surface area contributed by atoms with E-state index in [1.165, 1.54) is 44.6 Å². The summed E-state index contributed by atoms with van der Waals surface area (Å²) < 4.78 is 31.3. The highest BCUT2D eigenvalue weighted by Gasteiger charge is 2.34. The molecule has 0 saturated carbocycles. The number of carbonyl (C=O) groups excluding carboxylic acids is 1. The molecule has 4 rings (SSSR count). The molecule has 0 bridgehead atoms. The molecule has 15 heteroatoms. The van der Waals surface area contributed by atoms with Crippen LogP contribution in [0.2, 0.25) is 0 Å². The van der Waals surface area contributed by atoms with Gasteiger partial charge in [-0.05, 0) is 25.5 Å². The SMILES string of the molecule is COC(=O)[C@H](C)NP(=O)(OC[C@H]1C=C[C@@H](n2cnc3c(N)ncnc32)C1)Oc1ccc([N+](=O)[O-])cc1. The van der Waals surface area contributed by atoms with Gasteiger partial charge in [0.05, 0.1) is 31.0 Å². The minimum absolute atomic E-state index is 0.00189. The van der Waals surface area contributed by atoms with Gasteiger partial charge >= 0.3 is 13.7 Å². The summed E-state index contributed by atoms with van der Waals surface area (Å²) >= 11 is 0. The number of fused-ring (bicyclic) bond motifs is 1. The Labute approximate surface area is 205 Å². The average molecular weight is 517 g/mol. The predicted molar refractivity (Wildman–Crippen MR) is 128 cm³/mol. The van der Waals surface area contributed by atoms with Gasteiger partial charge in [-0.2, -0.15) is 5.09 Å². The molecule has 0 fully saturated rings.